The maximum Gasteiger partial charge on any atom is 0.416 e. The highest BCUT2D eigenvalue weighted by atomic mass is 32.2. The number of nitrogens with two attached hydrogens (primary N) is 1. The highest BCUT2D eigenvalue weighted by molar-refractivity contribution is 7.89. The van der Waals surface area contributed by atoms with E-state index in [4.69, 9.17) is 5.73 Å². The molecule has 12 heteroatoms. The van der Waals surface area contributed by atoms with Crippen molar-refractivity contribution < 1.29 is 26.5 Å². The lowest BCUT2D eigenvalue weighted by Gasteiger charge is -2.41. The molecule has 168 valence electrons. The first-order valence-corrected chi connectivity index (χ1v) is 10.8. The van der Waals surface area contributed by atoms with Gasteiger partial charge in [0, 0.05) is 50.9 Å². The van der Waals surface area contributed by atoms with E-state index in [-0.39, 0.29) is 23.7 Å². The van der Waals surface area contributed by atoms with Gasteiger partial charge in [-0.3, -0.25) is 15.0 Å². The third kappa shape index (κ3) is 5.03. The lowest BCUT2D eigenvalue weighted by Crippen LogP contribution is -2.51. The number of nitro benzene ring substituents is 1. The lowest BCUT2D eigenvalue weighted by atomic mass is 10.0. The van der Waals surface area contributed by atoms with Gasteiger partial charge in [-0.15, -0.1) is 0 Å². The Morgan fingerprint density at radius 1 is 1.06 bits per heavy atom. The number of alkyl halides is 3. The molecule has 0 amide bonds. The van der Waals surface area contributed by atoms with Crippen LogP contribution in [0.2, 0.25) is 0 Å². The van der Waals surface area contributed by atoms with Crippen molar-refractivity contribution in [1.82, 2.24) is 9.21 Å². The van der Waals surface area contributed by atoms with Crippen LogP contribution < -0.4 is 5.73 Å². The van der Waals surface area contributed by atoms with E-state index < -0.39 is 32.7 Å². The minimum absolute atomic E-state index is 0.0185. The average molecular weight is 458 g/mol. The number of hydrogen-bond acceptors (Lipinski definition) is 6. The molecule has 0 spiro atoms. The fraction of sp³-hybridized carbons (Fsp3) is 0.368. The minimum atomic E-state index is -4.46. The van der Waals surface area contributed by atoms with Crippen LogP contribution in [0.1, 0.15) is 17.2 Å². The van der Waals surface area contributed by atoms with Crippen molar-refractivity contribution in [1.29, 1.82) is 0 Å². The summed E-state index contributed by atoms with van der Waals surface area (Å²) in [5.41, 5.74) is 5.19. The third-order valence-electron chi connectivity index (χ3n) is 5.18. The number of halogens is 3. The molecule has 0 bridgehead atoms. The number of nitro groups is 1. The largest absolute Gasteiger partial charge is 0.416 e. The zero-order valence-electron chi connectivity index (χ0n) is 16.3. The Labute approximate surface area is 177 Å². The van der Waals surface area contributed by atoms with Crippen LogP contribution in [0.25, 0.3) is 0 Å². The summed E-state index contributed by atoms with van der Waals surface area (Å²) in [7, 11) is -3.94. The molecule has 0 aliphatic carbocycles. The van der Waals surface area contributed by atoms with Gasteiger partial charge in [0.25, 0.3) is 5.69 Å². The Balaban J connectivity index is 1.88. The summed E-state index contributed by atoms with van der Waals surface area (Å²) < 4.78 is 66.0. The number of sulfonamides is 1. The van der Waals surface area contributed by atoms with Gasteiger partial charge in [0.2, 0.25) is 10.0 Å². The molecule has 1 unspecified atom stereocenters. The van der Waals surface area contributed by atoms with E-state index in [2.05, 4.69) is 0 Å². The quantitative estimate of drug-likeness (QED) is 0.526. The topological polar surface area (TPSA) is 110 Å². The van der Waals surface area contributed by atoms with Gasteiger partial charge < -0.3 is 5.73 Å². The van der Waals surface area contributed by atoms with Gasteiger partial charge in [0.15, 0.2) is 0 Å². The summed E-state index contributed by atoms with van der Waals surface area (Å²) in [6.45, 7) is 1.29. The molecule has 31 heavy (non-hydrogen) atoms. The average Bonchev–Trinajstić information content (AvgIpc) is 2.73. The standard InChI is InChI=1S/C19H21F3N4O4S/c20-19(21,22)15-3-1-14(2-4-15)18-13-25(12-11-24(18)10-9-23)31(29,30)17-7-5-16(6-8-17)26(27)28/h1-8,18H,9-13,23H2. The predicted octanol–water partition coefficient (Wildman–Crippen LogP) is 2.62. The molecule has 1 fully saturated rings. The van der Waals surface area contributed by atoms with Gasteiger partial charge >= 0.3 is 6.18 Å². The van der Waals surface area contributed by atoms with E-state index in [1.165, 1.54) is 28.6 Å². The summed E-state index contributed by atoms with van der Waals surface area (Å²) >= 11 is 0. The van der Waals surface area contributed by atoms with E-state index in [1.807, 2.05) is 4.90 Å². The van der Waals surface area contributed by atoms with Crippen molar-refractivity contribution in [2.24, 2.45) is 5.73 Å². The monoisotopic (exact) mass is 458 g/mol. The van der Waals surface area contributed by atoms with Gasteiger partial charge in [-0.1, -0.05) is 12.1 Å². The molecule has 1 heterocycles. The molecule has 0 saturated carbocycles. The number of piperazine rings is 1. The Bertz CT molecular complexity index is 1030. The zero-order valence-corrected chi connectivity index (χ0v) is 17.1. The van der Waals surface area contributed by atoms with E-state index in [9.17, 15) is 31.7 Å². The van der Waals surface area contributed by atoms with Crippen LogP contribution in [0, 0.1) is 10.1 Å². The molecule has 2 N–H and O–H groups in total. The number of non-ortho nitro benzene ring substituents is 1. The number of rotatable bonds is 6. The second kappa shape index (κ2) is 8.91. The fourth-order valence-electron chi connectivity index (χ4n) is 3.55. The molecule has 3 rings (SSSR count). The molecule has 1 aliphatic rings. The summed E-state index contributed by atoms with van der Waals surface area (Å²) in [4.78, 5) is 12.0. The second-order valence-electron chi connectivity index (χ2n) is 7.07. The minimum Gasteiger partial charge on any atom is -0.329 e. The first-order valence-electron chi connectivity index (χ1n) is 9.40. The first kappa shape index (κ1) is 23.1. The Morgan fingerprint density at radius 2 is 1.68 bits per heavy atom. The highest BCUT2D eigenvalue weighted by Gasteiger charge is 2.36. The molecule has 8 nitrogen and oxygen atoms in total. The van der Waals surface area contributed by atoms with E-state index in [1.54, 1.807) is 0 Å². The summed E-state index contributed by atoms with van der Waals surface area (Å²) in [5.74, 6) is 0. The molecule has 0 aromatic heterocycles. The molecule has 0 radical (unpaired) electrons. The SMILES string of the molecule is NCCN1CCN(S(=O)(=O)c2ccc([N+](=O)[O-])cc2)CC1c1ccc(C(F)(F)F)cc1. The fourth-order valence-corrected chi connectivity index (χ4v) is 4.98. The van der Waals surface area contributed by atoms with Crippen molar-refractivity contribution in [3.8, 4) is 0 Å². The van der Waals surface area contributed by atoms with E-state index in [0.717, 1.165) is 24.3 Å². The van der Waals surface area contributed by atoms with Crippen LogP contribution in [-0.4, -0.2) is 55.3 Å². The molecule has 2 aromatic rings. The van der Waals surface area contributed by atoms with Crippen LogP contribution in [0.5, 0.6) is 0 Å². The predicted molar refractivity (Wildman–Crippen MR) is 107 cm³/mol. The van der Waals surface area contributed by atoms with Crippen LogP contribution in [0.3, 0.4) is 0 Å². The lowest BCUT2D eigenvalue weighted by molar-refractivity contribution is -0.384. The Kier molecular flexibility index (Phi) is 6.65. The van der Waals surface area contributed by atoms with Crippen LogP contribution in [-0.2, 0) is 16.2 Å². The maximum atomic E-state index is 13.1. The van der Waals surface area contributed by atoms with Crippen LogP contribution in [0.4, 0.5) is 18.9 Å². The van der Waals surface area contributed by atoms with Crippen molar-refractivity contribution in [3.63, 3.8) is 0 Å². The summed E-state index contributed by atoms with van der Waals surface area (Å²) in [6, 6.07) is 8.74. The van der Waals surface area contributed by atoms with Crippen LogP contribution in [0.15, 0.2) is 53.4 Å². The number of hydrogen-bond donors (Lipinski definition) is 1. The molecule has 1 atom stereocenters. The van der Waals surface area contributed by atoms with E-state index in [0.29, 0.717) is 25.2 Å². The van der Waals surface area contributed by atoms with Gasteiger partial charge in [0.1, 0.15) is 0 Å². The van der Waals surface area contributed by atoms with Crippen LogP contribution >= 0.6 is 0 Å². The van der Waals surface area contributed by atoms with Gasteiger partial charge in [0.05, 0.1) is 15.4 Å². The second-order valence-corrected chi connectivity index (χ2v) is 9.01. The Morgan fingerprint density at radius 3 is 2.19 bits per heavy atom. The van der Waals surface area contributed by atoms with Gasteiger partial charge in [-0.2, -0.15) is 17.5 Å². The summed E-state index contributed by atoms with van der Waals surface area (Å²) in [6.07, 6.45) is -4.46. The molecule has 1 saturated heterocycles. The number of benzene rings is 2. The van der Waals surface area contributed by atoms with Gasteiger partial charge in [-0.25, -0.2) is 8.42 Å². The first-order chi connectivity index (χ1) is 14.5. The molecular formula is C19H21F3N4O4S. The van der Waals surface area contributed by atoms with Crippen molar-refractivity contribution in [3.05, 3.63) is 69.8 Å². The van der Waals surface area contributed by atoms with Crippen molar-refractivity contribution in [2.75, 3.05) is 32.7 Å². The normalized spacial score (nSPS) is 18.8. The van der Waals surface area contributed by atoms with Gasteiger partial charge in [-0.05, 0) is 29.8 Å². The van der Waals surface area contributed by atoms with Crippen molar-refractivity contribution in [2.45, 2.75) is 17.1 Å². The third-order valence-corrected chi connectivity index (χ3v) is 7.06. The zero-order chi connectivity index (χ0) is 22.8. The molecular weight excluding hydrogens is 437 g/mol. The summed E-state index contributed by atoms with van der Waals surface area (Å²) in [5, 5.41) is 10.8. The van der Waals surface area contributed by atoms with E-state index >= 15 is 0 Å². The van der Waals surface area contributed by atoms with Crippen molar-refractivity contribution >= 4 is 15.7 Å². The smallest absolute Gasteiger partial charge is 0.329 e. The number of nitrogens with zero attached hydrogens (tertiary/aromatic N) is 3. The molecule has 2 aromatic carbocycles. The maximum absolute atomic E-state index is 13.1. The Hall–Kier alpha value is -2.54. The highest BCUT2D eigenvalue weighted by Crippen LogP contribution is 2.33. The molecule has 1 aliphatic heterocycles.